The molecule has 88 valence electrons. The van der Waals surface area contributed by atoms with Gasteiger partial charge in [0.1, 0.15) is 5.60 Å². The summed E-state index contributed by atoms with van der Waals surface area (Å²) in [5, 5.41) is 0. The van der Waals surface area contributed by atoms with Crippen LogP contribution in [0.2, 0.25) is 0 Å². The normalized spacial score (nSPS) is 18.7. The number of amides is 1. The van der Waals surface area contributed by atoms with Gasteiger partial charge < -0.3 is 9.64 Å². The van der Waals surface area contributed by atoms with E-state index >= 15 is 0 Å². The standard InChI is InChI=1S/C12H23NO2/c1-12(2,3)15-11(14)13(4)10-8-6-5-7-9-10/h10H,5-9H2,1-4H3. The summed E-state index contributed by atoms with van der Waals surface area (Å²) >= 11 is 0. The van der Waals surface area contributed by atoms with Crippen molar-refractivity contribution in [1.29, 1.82) is 0 Å². The monoisotopic (exact) mass is 213 g/mol. The molecule has 0 aromatic carbocycles. The first-order valence-electron chi connectivity index (χ1n) is 5.86. The van der Waals surface area contributed by atoms with Crippen molar-refractivity contribution in [2.75, 3.05) is 7.05 Å². The van der Waals surface area contributed by atoms with Gasteiger partial charge in [0.2, 0.25) is 0 Å². The van der Waals surface area contributed by atoms with Crippen molar-refractivity contribution in [1.82, 2.24) is 4.90 Å². The van der Waals surface area contributed by atoms with Gasteiger partial charge in [-0.3, -0.25) is 0 Å². The van der Waals surface area contributed by atoms with Crippen molar-refractivity contribution >= 4 is 6.09 Å². The van der Waals surface area contributed by atoms with Gasteiger partial charge in [0.25, 0.3) is 0 Å². The number of carbonyl (C=O) groups is 1. The maximum absolute atomic E-state index is 11.8. The highest BCUT2D eigenvalue weighted by atomic mass is 16.6. The maximum Gasteiger partial charge on any atom is 0.410 e. The second-order valence-corrected chi connectivity index (χ2v) is 5.38. The second-order valence-electron chi connectivity index (χ2n) is 5.38. The Hall–Kier alpha value is -0.730. The molecule has 0 spiro atoms. The minimum atomic E-state index is -0.389. The zero-order chi connectivity index (χ0) is 11.5. The fourth-order valence-corrected chi connectivity index (χ4v) is 1.95. The molecule has 0 unspecified atom stereocenters. The van der Waals surface area contributed by atoms with Crippen molar-refractivity contribution in [2.24, 2.45) is 0 Å². The van der Waals surface area contributed by atoms with Gasteiger partial charge in [0.15, 0.2) is 0 Å². The molecule has 0 N–H and O–H groups in total. The smallest absolute Gasteiger partial charge is 0.410 e. The van der Waals surface area contributed by atoms with E-state index in [2.05, 4.69) is 0 Å². The van der Waals surface area contributed by atoms with Crippen molar-refractivity contribution in [3.05, 3.63) is 0 Å². The van der Waals surface area contributed by atoms with Gasteiger partial charge in [-0.05, 0) is 33.6 Å². The largest absolute Gasteiger partial charge is 0.444 e. The molecule has 1 aliphatic rings. The molecule has 0 aromatic rings. The molecule has 1 saturated carbocycles. The Bertz CT molecular complexity index is 214. The molecule has 0 radical (unpaired) electrons. The lowest BCUT2D eigenvalue weighted by Crippen LogP contribution is -2.41. The first-order chi connectivity index (χ1) is 6.90. The first kappa shape index (κ1) is 12.3. The van der Waals surface area contributed by atoms with E-state index < -0.39 is 0 Å². The molecule has 15 heavy (non-hydrogen) atoms. The Labute approximate surface area is 92.8 Å². The summed E-state index contributed by atoms with van der Waals surface area (Å²) < 4.78 is 5.34. The Morgan fingerprint density at radius 3 is 2.20 bits per heavy atom. The molecule has 3 nitrogen and oxygen atoms in total. The van der Waals surface area contributed by atoms with Gasteiger partial charge in [-0.25, -0.2) is 4.79 Å². The van der Waals surface area contributed by atoms with Gasteiger partial charge in [-0.15, -0.1) is 0 Å². The topological polar surface area (TPSA) is 29.5 Å². The molecule has 0 saturated heterocycles. The van der Waals surface area contributed by atoms with E-state index in [1.165, 1.54) is 19.3 Å². The van der Waals surface area contributed by atoms with Crippen LogP contribution < -0.4 is 0 Å². The van der Waals surface area contributed by atoms with Crippen molar-refractivity contribution in [3.63, 3.8) is 0 Å². The number of hydrogen-bond donors (Lipinski definition) is 0. The van der Waals surface area contributed by atoms with Crippen LogP contribution in [0.25, 0.3) is 0 Å². The first-order valence-corrected chi connectivity index (χ1v) is 5.86. The van der Waals surface area contributed by atoms with E-state index in [1.54, 1.807) is 4.90 Å². The van der Waals surface area contributed by atoms with Gasteiger partial charge in [0, 0.05) is 13.1 Å². The summed E-state index contributed by atoms with van der Waals surface area (Å²) in [7, 11) is 1.85. The lowest BCUT2D eigenvalue weighted by molar-refractivity contribution is 0.0189. The van der Waals surface area contributed by atoms with Crippen molar-refractivity contribution in [3.8, 4) is 0 Å². The van der Waals surface area contributed by atoms with Crippen LogP contribution in [0.4, 0.5) is 4.79 Å². The number of ether oxygens (including phenoxy) is 1. The second kappa shape index (κ2) is 4.86. The van der Waals surface area contributed by atoms with Crippen LogP contribution in [-0.2, 0) is 4.74 Å². The summed E-state index contributed by atoms with van der Waals surface area (Å²) in [6.45, 7) is 5.71. The summed E-state index contributed by atoms with van der Waals surface area (Å²) in [5.41, 5.74) is -0.389. The number of nitrogens with zero attached hydrogens (tertiary/aromatic N) is 1. The Morgan fingerprint density at radius 1 is 1.20 bits per heavy atom. The van der Waals surface area contributed by atoms with E-state index in [1.807, 2.05) is 27.8 Å². The zero-order valence-corrected chi connectivity index (χ0v) is 10.4. The Morgan fingerprint density at radius 2 is 1.73 bits per heavy atom. The number of carbonyl (C=O) groups excluding carboxylic acids is 1. The highest BCUT2D eigenvalue weighted by molar-refractivity contribution is 5.68. The van der Waals surface area contributed by atoms with Crippen LogP contribution >= 0.6 is 0 Å². The molecule has 0 aromatic heterocycles. The fraction of sp³-hybridized carbons (Fsp3) is 0.917. The van der Waals surface area contributed by atoms with E-state index in [9.17, 15) is 4.79 Å². The molecule has 0 bridgehead atoms. The zero-order valence-electron chi connectivity index (χ0n) is 10.4. The predicted octanol–water partition coefficient (Wildman–Crippen LogP) is 3.19. The Balaban J connectivity index is 2.44. The molecule has 1 amide bonds. The van der Waals surface area contributed by atoms with Crippen LogP contribution in [0.15, 0.2) is 0 Å². The van der Waals surface area contributed by atoms with Crippen LogP contribution in [0.1, 0.15) is 52.9 Å². The minimum absolute atomic E-state index is 0.186. The Kier molecular flexibility index (Phi) is 4.00. The summed E-state index contributed by atoms with van der Waals surface area (Å²) in [6, 6.07) is 0.383. The quantitative estimate of drug-likeness (QED) is 0.669. The third-order valence-corrected chi connectivity index (χ3v) is 2.80. The molecule has 1 rings (SSSR count). The average molecular weight is 213 g/mol. The van der Waals surface area contributed by atoms with Crippen LogP contribution in [0, 0.1) is 0 Å². The van der Waals surface area contributed by atoms with Crippen molar-refractivity contribution in [2.45, 2.75) is 64.5 Å². The van der Waals surface area contributed by atoms with Crippen molar-refractivity contribution < 1.29 is 9.53 Å². The highest BCUT2D eigenvalue weighted by Crippen LogP contribution is 2.22. The maximum atomic E-state index is 11.8. The molecule has 1 aliphatic carbocycles. The molecule has 3 heteroatoms. The minimum Gasteiger partial charge on any atom is -0.444 e. The van der Waals surface area contributed by atoms with E-state index in [0.717, 1.165) is 12.8 Å². The lowest BCUT2D eigenvalue weighted by atomic mass is 9.95. The third kappa shape index (κ3) is 4.10. The van der Waals surface area contributed by atoms with Crippen LogP contribution in [0.3, 0.4) is 0 Å². The lowest BCUT2D eigenvalue weighted by Gasteiger charge is -2.32. The highest BCUT2D eigenvalue weighted by Gasteiger charge is 2.26. The number of rotatable bonds is 1. The summed E-state index contributed by atoms with van der Waals surface area (Å²) in [6.07, 6.45) is 5.83. The molecule has 0 atom stereocenters. The fourth-order valence-electron chi connectivity index (χ4n) is 1.95. The van der Waals surface area contributed by atoms with Gasteiger partial charge in [0.05, 0.1) is 0 Å². The molecular weight excluding hydrogens is 190 g/mol. The molecular formula is C12H23NO2. The van der Waals surface area contributed by atoms with Gasteiger partial charge in [-0.2, -0.15) is 0 Å². The van der Waals surface area contributed by atoms with E-state index in [0.29, 0.717) is 6.04 Å². The average Bonchev–Trinajstić information content (AvgIpc) is 2.15. The molecule has 0 aliphatic heterocycles. The van der Waals surface area contributed by atoms with Crippen LogP contribution in [-0.4, -0.2) is 29.7 Å². The predicted molar refractivity (Wildman–Crippen MR) is 60.9 cm³/mol. The SMILES string of the molecule is CN(C(=O)OC(C)(C)C)C1CCCCC1. The number of hydrogen-bond acceptors (Lipinski definition) is 2. The summed E-state index contributed by atoms with van der Waals surface area (Å²) in [5.74, 6) is 0. The molecule has 0 heterocycles. The van der Waals surface area contributed by atoms with Crippen LogP contribution in [0.5, 0.6) is 0 Å². The van der Waals surface area contributed by atoms with Gasteiger partial charge in [-0.1, -0.05) is 19.3 Å². The van der Waals surface area contributed by atoms with E-state index in [-0.39, 0.29) is 11.7 Å². The molecule has 1 fully saturated rings. The van der Waals surface area contributed by atoms with E-state index in [4.69, 9.17) is 4.74 Å². The van der Waals surface area contributed by atoms with Gasteiger partial charge >= 0.3 is 6.09 Å². The summed E-state index contributed by atoms with van der Waals surface area (Å²) in [4.78, 5) is 13.5. The third-order valence-electron chi connectivity index (χ3n) is 2.80.